The molecule has 1 aliphatic heterocycles. The molecule has 2 aliphatic rings. The van der Waals surface area contributed by atoms with Crippen molar-refractivity contribution in [1.29, 1.82) is 0 Å². The third-order valence-electron chi connectivity index (χ3n) is 6.20. The summed E-state index contributed by atoms with van der Waals surface area (Å²) in [4.78, 5) is 7.32. The van der Waals surface area contributed by atoms with Gasteiger partial charge >= 0.3 is 0 Å². The lowest BCUT2D eigenvalue weighted by atomic mass is 9.89. The highest BCUT2D eigenvalue weighted by atomic mass is 16.4. The van der Waals surface area contributed by atoms with Gasteiger partial charge in [-0.25, -0.2) is 9.67 Å². The molecule has 3 aromatic rings. The average molecular weight is 380 g/mol. The Kier molecular flexibility index (Phi) is 4.74. The largest absolute Gasteiger partial charge is 0.419 e. The molecule has 2 fully saturated rings. The second-order valence-electron chi connectivity index (χ2n) is 8.19. The molecule has 0 N–H and O–H groups in total. The van der Waals surface area contributed by atoms with E-state index >= 15 is 0 Å². The van der Waals surface area contributed by atoms with Crippen LogP contribution in [0.25, 0.3) is 22.6 Å². The molecule has 0 spiro atoms. The Morgan fingerprint density at radius 2 is 1.68 bits per heavy atom. The number of pyridine rings is 1. The van der Waals surface area contributed by atoms with Gasteiger partial charge in [-0.15, -0.1) is 10.2 Å². The van der Waals surface area contributed by atoms with Crippen molar-refractivity contribution in [3.63, 3.8) is 0 Å². The fourth-order valence-corrected chi connectivity index (χ4v) is 4.60. The number of hydrogen-bond acceptors (Lipinski definition) is 6. The van der Waals surface area contributed by atoms with Crippen LogP contribution in [-0.2, 0) is 7.05 Å². The van der Waals surface area contributed by atoms with Crippen LogP contribution >= 0.6 is 0 Å². The van der Waals surface area contributed by atoms with Crippen molar-refractivity contribution in [2.24, 2.45) is 7.05 Å². The quantitative estimate of drug-likeness (QED) is 0.668. The maximum Gasteiger partial charge on any atom is 0.268 e. The Hall–Kier alpha value is -2.44. The van der Waals surface area contributed by atoms with E-state index in [9.17, 15) is 0 Å². The molecule has 7 heteroatoms. The van der Waals surface area contributed by atoms with Gasteiger partial charge < -0.3 is 9.32 Å². The molecule has 0 unspecified atom stereocenters. The molecule has 5 rings (SSSR count). The summed E-state index contributed by atoms with van der Waals surface area (Å²) >= 11 is 0. The van der Waals surface area contributed by atoms with Gasteiger partial charge in [0.25, 0.3) is 5.89 Å². The predicted octanol–water partition coefficient (Wildman–Crippen LogP) is 4.45. The molecule has 1 saturated heterocycles. The molecule has 0 amide bonds. The van der Waals surface area contributed by atoms with Crippen molar-refractivity contribution >= 4 is 16.9 Å². The van der Waals surface area contributed by atoms with Crippen molar-refractivity contribution in [2.45, 2.75) is 63.7 Å². The first-order valence-corrected chi connectivity index (χ1v) is 10.7. The summed E-state index contributed by atoms with van der Waals surface area (Å²) in [6.45, 7) is 2.16. The lowest BCUT2D eigenvalue weighted by Crippen LogP contribution is -2.24. The van der Waals surface area contributed by atoms with E-state index in [1.54, 1.807) is 0 Å². The Balaban J connectivity index is 1.46. The first-order valence-electron chi connectivity index (χ1n) is 10.7. The van der Waals surface area contributed by atoms with Crippen molar-refractivity contribution in [3.05, 3.63) is 18.0 Å². The molecule has 0 aromatic carbocycles. The molecule has 7 nitrogen and oxygen atoms in total. The molecule has 0 bridgehead atoms. The van der Waals surface area contributed by atoms with Crippen LogP contribution in [0.3, 0.4) is 0 Å². The Labute approximate surface area is 165 Å². The summed E-state index contributed by atoms with van der Waals surface area (Å²) in [5.41, 5.74) is 1.61. The molecular weight excluding hydrogens is 352 g/mol. The Morgan fingerprint density at radius 3 is 2.46 bits per heavy atom. The van der Waals surface area contributed by atoms with Crippen molar-refractivity contribution in [2.75, 3.05) is 18.0 Å². The molecular formula is C21H28N6O. The first-order chi connectivity index (χ1) is 13.8. The van der Waals surface area contributed by atoms with E-state index in [0.717, 1.165) is 54.4 Å². The number of hydrogen-bond donors (Lipinski definition) is 0. The van der Waals surface area contributed by atoms with Crippen LogP contribution in [0.1, 0.15) is 69.6 Å². The minimum Gasteiger partial charge on any atom is -0.419 e. The monoisotopic (exact) mass is 380 g/mol. The summed E-state index contributed by atoms with van der Waals surface area (Å²) in [6, 6.07) is 4.21. The number of fused-ring (bicyclic) bond motifs is 1. The molecule has 148 valence electrons. The van der Waals surface area contributed by atoms with Gasteiger partial charge in [-0.3, -0.25) is 0 Å². The first kappa shape index (κ1) is 17.6. The Morgan fingerprint density at radius 1 is 0.929 bits per heavy atom. The summed E-state index contributed by atoms with van der Waals surface area (Å²) in [5.74, 6) is 2.72. The normalized spacial score (nSPS) is 19.2. The van der Waals surface area contributed by atoms with Crippen LogP contribution in [0.2, 0.25) is 0 Å². The fourth-order valence-electron chi connectivity index (χ4n) is 4.60. The molecule has 1 saturated carbocycles. The fraction of sp³-hybridized carbons (Fsp3) is 0.619. The van der Waals surface area contributed by atoms with Crippen molar-refractivity contribution < 1.29 is 4.42 Å². The van der Waals surface area contributed by atoms with E-state index in [2.05, 4.69) is 32.3 Å². The van der Waals surface area contributed by atoms with Gasteiger partial charge in [-0.05, 0) is 37.8 Å². The number of aromatic nitrogens is 5. The zero-order valence-corrected chi connectivity index (χ0v) is 16.6. The molecule has 4 heterocycles. The van der Waals surface area contributed by atoms with Gasteiger partial charge in [0, 0.05) is 26.1 Å². The summed E-state index contributed by atoms with van der Waals surface area (Å²) in [5, 5.41) is 14.3. The van der Waals surface area contributed by atoms with Crippen LogP contribution in [0.15, 0.2) is 16.5 Å². The zero-order chi connectivity index (χ0) is 18.9. The van der Waals surface area contributed by atoms with Crippen LogP contribution in [0.4, 0.5) is 5.82 Å². The number of nitrogens with zero attached hydrogens (tertiary/aromatic N) is 6. The maximum atomic E-state index is 6.06. The van der Waals surface area contributed by atoms with E-state index in [-0.39, 0.29) is 0 Å². The Bertz CT molecular complexity index is 947. The number of anilines is 1. The smallest absolute Gasteiger partial charge is 0.268 e. The summed E-state index contributed by atoms with van der Waals surface area (Å²) < 4.78 is 7.89. The summed E-state index contributed by atoms with van der Waals surface area (Å²) in [6.07, 6.45) is 11.2. The third kappa shape index (κ3) is 3.27. The minimum atomic E-state index is 0.401. The SMILES string of the molecule is Cn1nc(-c2nnc(C3CCCCC3)o2)c2ccc(N3CCCCCC3)nc21. The lowest BCUT2D eigenvalue weighted by Gasteiger charge is -2.21. The average Bonchev–Trinajstić information content (AvgIpc) is 3.24. The highest BCUT2D eigenvalue weighted by molar-refractivity contribution is 5.89. The van der Waals surface area contributed by atoms with E-state index in [4.69, 9.17) is 9.40 Å². The molecule has 0 atom stereocenters. The standard InChI is InChI=1S/C21H28N6O/c1-26-19-16(11-12-17(22-19)27-13-7-2-3-8-14-27)18(25-26)21-24-23-20(28-21)15-9-5-4-6-10-15/h11-12,15H,2-10,13-14H2,1H3. The molecule has 1 aliphatic carbocycles. The summed E-state index contributed by atoms with van der Waals surface area (Å²) in [7, 11) is 1.93. The van der Waals surface area contributed by atoms with Crippen LogP contribution in [0, 0.1) is 0 Å². The highest BCUT2D eigenvalue weighted by Gasteiger charge is 2.24. The van der Waals surface area contributed by atoms with E-state index < -0.39 is 0 Å². The van der Waals surface area contributed by atoms with Crippen LogP contribution in [-0.4, -0.2) is 38.1 Å². The number of rotatable bonds is 3. The lowest BCUT2D eigenvalue weighted by molar-refractivity contribution is 0.367. The number of aryl methyl sites for hydroxylation is 1. The maximum absolute atomic E-state index is 6.06. The van der Waals surface area contributed by atoms with Gasteiger partial charge in [0.2, 0.25) is 5.89 Å². The molecule has 3 aromatic heterocycles. The molecule has 28 heavy (non-hydrogen) atoms. The van der Waals surface area contributed by atoms with E-state index in [1.165, 1.54) is 44.9 Å². The van der Waals surface area contributed by atoms with Crippen LogP contribution in [0.5, 0.6) is 0 Å². The second-order valence-corrected chi connectivity index (χ2v) is 8.19. The van der Waals surface area contributed by atoms with Crippen LogP contribution < -0.4 is 4.90 Å². The van der Waals surface area contributed by atoms with Crippen molar-refractivity contribution in [1.82, 2.24) is 25.0 Å². The van der Waals surface area contributed by atoms with Crippen molar-refractivity contribution in [3.8, 4) is 11.6 Å². The van der Waals surface area contributed by atoms with E-state index in [0.29, 0.717) is 11.8 Å². The van der Waals surface area contributed by atoms with Gasteiger partial charge in [-0.1, -0.05) is 32.1 Å². The second kappa shape index (κ2) is 7.53. The predicted molar refractivity (Wildman–Crippen MR) is 108 cm³/mol. The zero-order valence-electron chi connectivity index (χ0n) is 16.6. The highest BCUT2D eigenvalue weighted by Crippen LogP contribution is 2.34. The topological polar surface area (TPSA) is 72.9 Å². The van der Waals surface area contributed by atoms with Gasteiger partial charge in [-0.2, -0.15) is 5.10 Å². The van der Waals surface area contributed by atoms with E-state index in [1.807, 2.05) is 11.7 Å². The van der Waals surface area contributed by atoms with Gasteiger partial charge in [0.05, 0.1) is 5.39 Å². The van der Waals surface area contributed by atoms with Gasteiger partial charge in [0.1, 0.15) is 5.82 Å². The minimum absolute atomic E-state index is 0.401. The third-order valence-corrected chi connectivity index (χ3v) is 6.20. The van der Waals surface area contributed by atoms with Gasteiger partial charge in [0.15, 0.2) is 11.3 Å². The molecule has 0 radical (unpaired) electrons.